The highest BCUT2D eigenvalue weighted by molar-refractivity contribution is 7.92. The van der Waals surface area contributed by atoms with Crippen molar-refractivity contribution in [3.8, 4) is 0 Å². The van der Waals surface area contributed by atoms with Gasteiger partial charge in [0.1, 0.15) is 0 Å². The lowest BCUT2D eigenvalue weighted by Gasteiger charge is -2.23. The van der Waals surface area contributed by atoms with Crippen LogP contribution in [0, 0.1) is 0 Å². The number of methoxy groups -OCH3 is 1. The number of hydrogen-bond donors (Lipinski definition) is 0. The molecule has 1 heterocycles. The number of nitrogens with zero attached hydrogens (tertiary/aromatic N) is 2. The van der Waals surface area contributed by atoms with Crippen LogP contribution in [0.4, 0.5) is 5.69 Å². The van der Waals surface area contributed by atoms with E-state index in [1.807, 2.05) is 0 Å². The lowest BCUT2D eigenvalue weighted by Crippen LogP contribution is -2.29. The fourth-order valence-electron chi connectivity index (χ4n) is 3.76. The lowest BCUT2D eigenvalue weighted by atomic mass is 10.1. The molecule has 0 radical (unpaired) electrons. The molecule has 35 heavy (non-hydrogen) atoms. The highest BCUT2D eigenvalue weighted by atomic mass is 35.5. The van der Waals surface area contributed by atoms with Crippen LogP contribution in [0.15, 0.2) is 72.9 Å². The zero-order valence-corrected chi connectivity index (χ0v) is 21.1. The number of carbonyl (C=O) groups is 2. The summed E-state index contributed by atoms with van der Waals surface area (Å²) in [6.07, 6.45) is 2.52. The summed E-state index contributed by atoms with van der Waals surface area (Å²) in [4.78, 5) is 25.5. The van der Waals surface area contributed by atoms with Gasteiger partial charge in [0.05, 0.1) is 36.7 Å². The zero-order valence-electron chi connectivity index (χ0n) is 18.7. The first-order chi connectivity index (χ1) is 16.6. The van der Waals surface area contributed by atoms with E-state index >= 15 is 0 Å². The second-order valence-electron chi connectivity index (χ2n) is 7.74. The lowest BCUT2D eigenvalue weighted by molar-refractivity contribution is 0.0603. The Kier molecular flexibility index (Phi) is 6.89. The number of benzene rings is 3. The van der Waals surface area contributed by atoms with Crippen molar-refractivity contribution in [2.24, 2.45) is 0 Å². The van der Waals surface area contributed by atoms with Crippen molar-refractivity contribution in [1.29, 1.82) is 0 Å². The van der Waals surface area contributed by atoms with Crippen LogP contribution in [0.1, 0.15) is 26.3 Å². The molecular weight excluding hydrogens is 511 g/mol. The van der Waals surface area contributed by atoms with Crippen molar-refractivity contribution in [2.75, 3.05) is 17.7 Å². The first-order valence-corrected chi connectivity index (χ1v) is 13.0. The van der Waals surface area contributed by atoms with Crippen molar-refractivity contribution < 1.29 is 22.7 Å². The predicted octanol–water partition coefficient (Wildman–Crippen LogP) is 5.39. The Morgan fingerprint density at radius 2 is 1.57 bits per heavy atom. The highest BCUT2D eigenvalue weighted by Crippen LogP contribution is 2.30. The topological polar surface area (TPSA) is 85.7 Å². The predicted molar refractivity (Wildman–Crippen MR) is 137 cm³/mol. The Bertz CT molecular complexity index is 1530. The molecule has 0 aliphatic carbocycles. The number of halogens is 2. The first kappa shape index (κ1) is 24.8. The summed E-state index contributed by atoms with van der Waals surface area (Å²) in [6.45, 7) is -0.0740. The molecular formula is C25H20Cl2N2O5S. The monoisotopic (exact) mass is 530 g/mol. The van der Waals surface area contributed by atoms with Crippen LogP contribution in [0.3, 0.4) is 0 Å². The van der Waals surface area contributed by atoms with Gasteiger partial charge < -0.3 is 4.74 Å². The van der Waals surface area contributed by atoms with Crippen LogP contribution in [-0.4, -0.2) is 38.2 Å². The molecule has 0 spiro atoms. The van der Waals surface area contributed by atoms with E-state index in [9.17, 15) is 18.0 Å². The third-order valence-corrected chi connectivity index (χ3v) is 7.35. The number of anilines is 1. The number of carbonyl (C=O) groups excluding carboxylic acids is 2. The smallest absolute Gasteiger partial charge is 0.340 e. The molecule has 3 aromatic carbocycles. The van der Waals surface area contributed by atoms with E-state index in [4.69, 9.17) is 27.9 Å². The Balaban J connectivity index is 1.70. The maximum atomic E-state index is 13.3. The van der Waals surface area contributed by atoms with E-state index in [1.165, 1.54) is 42.1 Å². The number of aromatic nitrogens is 1. The molecule has 0 amide bonds. The first-order valence-electron chi connectivity index (χ1n) is 10.4. The van der Waals surface area contributed by atoms with Gasteiger partial charge in [-0.15, -0.1) is 0 Å². The average Bonchev–Trinajstić information content (AvgIpc) is 3.22. The number of hydrogen-bond acceptors (Lipinski definition) is 5. The number of esters is 1. The van der Waals surface area contributed by atoms with Gasteiger partial charge in [0.2, 0.25) is 10.0 Å². The van der Waals surface area contributed by atoms with Crippen molar-refractivity contribution in [1.82, 2.24) is 4.57 Å². The number of sulfonamides is 1. The van der Waals surface area contributed by atoms with E-state index < -0.39 is 16.0 Å². The van der Waals surface area contributed by atoms with Crippen LogP contribution in [-0.2, 0) is 21.3 Å². The van der Waals surface area contributed by atoms with E-state index in [-0.39, 0.29) is 18.0 Å². The van der Waals surface area contributed by atoms with Gasteiger partial charge in [-0.1, -0.05) is 47.5 Å². The van der Waals surface area contributed by atoms with Gasteiger partial charge in [-0.25, -0.2) is 13.2 Å². The minimum atomic E-state index is -3.70. The maximum absolute atomic E-state index is 13.3. The van der Waals surface area contributed by atoms with Crippen molar-refractivity contribution in [3.05, 3.63) is 99.7 Å². The molecule has 4 rings (SSSR count). The molecule has 0 bridgehead atoms. The molecule has 0 fully saturated rings. The fourth-order valence-corrected chi connectivity index (χ4v) is 5.14. The number of fused-ring (bicyclic) bond motifs is 1. The number of ether oxygens (including phenoxy) is 1. The summed E-state index contributed by atoms with van der Waals surface area (Å²) in [5.74, 6) is -0.937. The normalized spacial score (nSPS) is 11.4. The molecule has 0 atom stereocenters. The summed E-state index contributed by atoms with van der Waals surface area (Å²) >= 11 is 12.5. The Labute approximate surface area is 212 Å². The third kappa shape index (κ3) is 4.91. The summed E-state index contributed by atoms with van der Waals surface area (Å²) in [5.41, 5.74) is 1.93. The third-order valence-electron chi connectivity index (χ3n) is 5.50. The molecule has 180 valence electrons. The Morgan fingerprint density at radius 3 is 2.17 bits per heavy atom. The van der Waals surface area contributed by atoms with Crippen LogP contribution < -0.4 is 4.31 Å². The van der Waals surface area contributed by atoms with Crippen LogP contribution in [0.25, 0.3) is 10.9 Å². The van der Waals surface area contributed by atoms with Crippen molar-refractivity contribution in [3.63, 3.8) is 0 Å². The fraction of sp³-hybridized carbons (Fsp3) is 0.120. The summed E-state index contributed by atoms with van der Waals surface area (Å²) in [6, 6.07) is 18.1. The zero-order chi connectivity index (χ0) is 25.3. The number of para-hydroxylation sites is 1. The van der Waals surface area contributed by atoms with E-state index in [0.29, 0.717) is 37.8 Å². The van der Waals surface area contributed by atoms with Gasteiger partial charge in [0.25, 0.3) is 5.91 Å². The van der Waals surface area contributed by atoms with Gasteiger partial charge in [-0.05, 0) is 42.5 Å². The second-order valence-corrected chi connectivity index (χ2v) is 10.5. The number of rotatable bonds is 6. The molecule has 7 nitrogen and oxygen atoms in total. The molecule has 0 saturated heterocycles. The van der Waals surface area contributed by atoms with Crippen molar-refractivity contribution >= 4 is 61.7 Å². The highest BCUT2D eigenvalue weighted by Gasteiger charge is 2.23. The molecule has 1 aromatic heterocycles. The van der Waals surface area contributed by atoms with Crippen LogP contribution in [0.2, 0.25) is 10.0 Å². The SMILES string of the molecule is COC(=O)c1cn(C(=O)c2ccc(N(Cc3c(Cl)cccc3Cl)S(C)(=O)=O)cc2)c2ccccc12. The molecule has 0 unspecified atom stereocenters. The van der Waals surface area contributed by atoms with Gasteiger partial charge in [0.15, 0.2) is 0 Å². The largest absolute Gasteiger partial charge is 0.465 e. The quantitative estimate of drug-likeness (QED) is 0.312. The Morgan fingerprint density at radius 1 is 0.943 bits per heavy atom. The van der Waals surface area contributed by atoms with Gasteiger partial charge in [-0.2, -0.15) is 0 Å². The maximum Gasteiger partial charge on any atom is 0.340 e. The minimum Gasteiger partial charge on any atom is -0.465 e. The minimum absolute atomic E-state index is 0.0740. The standard InChI is InChI=1S/C25H20Cl2N2O5S/c1-34-25(31)19-14-28(23-9-4-3-6-18(19)23)24(30)16-10-12-17(13-11-16)29(35(2,32)33)15-20-21(26)7-5-8-22(20)27/h3-14H,15H2,1-2H3. The van der Waals surface area contributed by atoms with E-state index in [0.717, 1.165) is 10.6 Å². The van der Waals surface area contributed by atoms with Gasteiger partial charge in [0, 0.05) is 32.8 Å². The van der Waals surface area contributed by atoms with E-state index in [2.05, 4.69) is 0 Å². The molecule has 0 aliphatic rings. The molecule has 10 heteroatoms. The summed E-state index contributed by atoms with van der Waals surface area (Å²) in [7, 11) is -2.42. The molecule has 0 saturated carbocycles. The summed E-state index contributed by atoms with van der Waals surface area (Å²) < 4.78 is 32.5. The van der Waals surface area contributed by atoms with Gasteiger partial charge in [-0.3, -0.25) is 13.7 Å². The van der Waals surface area contributed by atoms with E-state index in [1.54, 1.807) is 42.5 Å². The average molecular weight is 531 g/mol. The molecule has 0 N–H and O–H groups in total. The van der Waals surface area contributed by atoms with Crippen LogP contribution in [0.5, 0.6) is 0 Å². The summed E-state index contributed by atoms with van der Waals surface area (Å²) in [5, 5.41) is 1.28. The molecule has 4 aromatic rings. The Hall–Kier alpha value is -3.33. The second kappa shape index (κ2) is 9.73. The van der Waals surface area contributed by atoms with Gasteiger partial charge >= 0.3 is 5.97 Å². The van der Waals surface area contributed by atoms with Crippen molar-refractivity contribution in [2.45, 2.75) is 6.54 Å². The molecule has 0 aliphatic heterocycles. The van der Waals surface area contributed by atoms with Crippen LogP contribution >= 0.6 is 23.2 Å².